The number of hydrogen-bond acceptors (Lipinski definition) is 3. The van der Waals surface area contributed by atoms with Crippen LogP contribution in [0.15, 0.2) is 200 Å². The lowest BCUT2D eigenvalue weighted by Gasteiger charge is -2.45. The van der Waals surface area contributed by atoms with E-state index in [-0.39, 0.29) is 12.1 Å². The van der Waals surface area contributed by atoms with E-state index in [1.807, 2.05) is 0 Å². The number of anilines is 9. The Bertz CT molecular complexity index is 3460. The molecular weight excluding hydrogens is 846 g/mol. The van der Waals surface area contributed by atoms with Gasteiger partial charge in [-0.3, -0.25) is 0 Å². The number of hydrogen-bond donors (Lipinski definition) is 0. The molecule has 0 N–H and O–H groups in total. The largest absolute Gasteiger partial charge is 0.311 e. The first-order valence-electron chi connectivity index (χ1n) is 25.4. The van der Waals surface area contributed by atoms with E-state index < -0.39 is 0 Å². The van der Waals surface area contributed by atoms with Crippen LogP contribution < -0.4 is 31.1 Å². The first-order valence-corrected chi connectivity index (χ1v) is 25.4. The summed E-state index contributed by atoms with van der Waals surface area (Å²) in [7, 11) is 0. The third-order valence-corrected chi connectivity index (χ3v) is 15.6. The van der Waals surface area contributed by atoms with E-state index >= 15 is 0 Å². The van der Waals surface area contributed by atoms with Crippen molar-refractivity contribution >= 4 is 74.3 Å². The fourth-order valence-corrected chi connectivity index (χ4v) is 11.8. The molecule has 0 amide bonds. The van der Waals surface area contributed by atoms with E-state index in [0.29, 0.717) is 17.8 Å². The molecule has 0 saturated heterocycles. The molecule has 342 valence electrons. The first-order chi connectivity index (χ1) is 34.0. The van der Waals surface area contributed by atoms with Crippen LogP contribution in [0.25, 0.3) is 22.3 Å². The van der Waals surface area contributed by atoms with Crippen molar-refractivity contribution in [1.29, 1.82) is 0 Å². The van der Waals surface area contributed by atoms with Crippen molar-refractivity contribution in [2.45, 2.75) is 78.6 Å². The van der Waals surface area contributed by atoms with Crippen molar-refractivity contribution in [2.24, 2.45) is 0 Å². The minimum absolute atomic E-state index is 0.0164. The third kappa shape index (κ3) is 6.94. The van der Waals surface area contributed by atoms with Crippen molar-refractivity contribution in [3.8, 4) is 22.3 Å². The van der Waals surface area contributed by atoms with Gasteiger partial charge in [-0.1, -0.05) is 189 Å². The first kappa shape index (κ1) is 43.7. The fraction of sp³-hybridized carbons (Fsp3) is 0.182. The van der Waals surface area contributed by atoms with Crippen molar-refractivity contribution in [3.63, 3.8) is 0 Å². The normalized spacial score (nSPS) is 13.8. The van der Waals surface area contributed by atoms with Crippen molar-refractivity contribution in [1.82, 2.24) is 0 Å². The molecule has 0 aromatic heterocycles. The average Bonchev–Trinajstić information content (AvgIpc) is 3.61. The van der Waals surface area contributed by atoms with Gasteiger partial charge in [-0.15, -0.1) is 0 Å². The van der Waals surface area contributed by atoms with Crippen molar-refractivity contribution in [2.75, 3.05) is 14.7 Å². The quantitative estimate of drug-likeness (QED) is 0.134. The summed E-state index contributed by atoms with van der Waals surface area (Å²) >= 11 is 0. The lowest BCUT2D eigenvalue weighted by molar-refractivity contribution is 0.660. The molecule has 9 aromatic carbocycles. The standard InChI is InChI=1S/C66H60BN3/c1-42(2)45-27-31-50(32-28-45)69-61-35-29-47(43(3)4)37-58(61)67-59-38-48(44(5)6)30-36-62(59)70(60-26-18-16-23-53(60)46-19-11-9-12-20-46)64-41-52(40-63(69)65(64)67)68(49-21-13-10-14-22-49)51-33-34-55-54-24-15-17-25-56(54)66(7,8)57(55)39-51/h9-44H,1-8H3. The number of fused-ring (bicyclic) bond motifs is 7. The summed E-state index contributed by atoms with van der Waals surface area (Å²) in [5.74, 6) is 1.16. The Kier molecular flexibility index (Phi) is 10.5. The predicted octanol–water partition coefficient (Wildman–Crippen LogP) is 16.6. The number of rotatable bonds is 9. The van der Waals surface area contributed by atoms with Gasteiger partial charge >= 0.3 is 0 Å². The minimum atomic E-state index is -0.159. The minimum Gasteiger partial charge on any atom is -0.311 e. The molecule has 0 fully saturated rings. The molecule has 3 aliphatic rings. The molecule has 9 aromatic rings. The van der Waals surface area contributed by atoms with Crippen molar-refractivity contribution < 1.29 is 0 Å². The molecule has 3 nitrogen and oxygen atoms in total. The lowest BCUT2D eigenvalue weighted by Crippen LogP contribution is -2.61. The predicted molar refractivity (Wildman–Crippen MR) is 300 cm³/mol. The Balaban J connectivity index is 1.20. The van der Waals surface area contributed by atoms with Gasteiger partial charge in [-0.2, -0.15) is 0 Å². The number of nitrogens with zero attached hydrogens (tertiary/aromatic N) is 3. The molecule has 12 rings (SSSR count). The highest BCUT2D eigenvalue weighted by Gasteiger charge is 2.45. The van der Waals surface area contributed by atoms with Gasteiger partial charge in [0.2, 0.25) is 0 Å². The fourth-order valence-electron chi connectivity index (χ4n) is 11.8. The van der Waals surface area contributed by atoms with Crippen LogP contribution in [0.1, 0.15) is 101 Å². The van der Waals surface area contributed by atoms with Crippen LogP contribution in [-0.4, -0.2) is 6.71 Å². The zero-order valence-electron chi connectivity index (χ0n) is 41.7. The van der Waals surface area contributed by atoms with Gasteiger partial charge < -0.3 is 14.7 Å². The van der Waals surface area contributed by atoms with E-state index in [9.17, 15) is 0 Å². The maximum atomic E-state index is 2.60. The molecule has 2 heterocycles. The van der Waals surface area contributed by atoms with Gasteiger partial charge in [0.25, 0.3) is 6.71 Å². The number of benzene rings is 9. The molecular formula is C66H60BN3. The van der Waals surface area contributed by atoms with Gasteiger partial charge in [0.1, 0.15) is 0 Å². The van der Waals surface area contributed by atoms with Gasteiger partial charge in [-0.05, 0) is 145 Å². The van der Waals surface area contributed by atoms with E-state index in [4.69, 9.17) is 0 Å². The summed E-state index contributed by atoms with van der Waals surface area (Å²) in [6.45, 7) is 18.6. The lowest BCUT2D eigenvalue weighted by atomic mass is 9.33. The highest BCUT2D eigenvalue weighted by Crippen LogP contribution is 2.53. The second-order valence-corrected chi connectivity index (χ2v) is 21.1. The van der Waals surface area contributed by atoms with Crippen LogP contribution in [0.5, 0.6) is 0 Å². The summed E-state index contributed by atoms with van der Waals surface area (Å²) in [6.07, 6.45) is 0. The smallest absolute Gasteiger partial charge is 0.252 e. The summed E-state index contributed by atoms with van der Waals surface area (Å²) in [4.78, 5) is 7.68. The van der Waals surface area contributed by atoms with Gasteiger partial charge in [0.15, 0.2) is 0 Å². The Morgan fingerprint density at radius 1 is 0.386 bits per heavy atom. The maximum Gasteiger partial charge on any atom is 0.252 e. The third-order valence-electron chi connectivity index (χ3n) is 15.6. The molecule has 4 heteroatoms. The molecule has 2 aliphatic heterocycles. The van der Waals surface area contributed by atoms with Gasteiger partial charge in [-0.25, -0.2) is 0 Å². The molecule has 0 spiro atoms. The molecule has 0 atom stereocenters. The zero-order chi connectivity index (χ0) is 48.0. The van der Waals surface area contributed by atoms with E-state index in [0.717, 1.165) is 28.4 Å². The molecule has 0 unspecified atom stereocenters. The van der Waals surface area contributed by atoms with E-state index in [1.54, 1.807) is 0 Å². The van der Waals surface area contributed by atoms with Crippen LogP contribution in [0.2, 0.25) is 0 Å². The van der Waals surface area contributed by atoms with E-state index in [1.165, 1.54) is 89.2 Å². The SMILES string of the molecule is CC(C)c1ccc(N2c3ccc(C(C)C)cc3B3c4cc(C(C)C)ccc4N(c4ccccc4-c4ccccc4)c4cc(N(c5ccccc5)c5ccc6c(c5)C(C)(C)c5ccccc5-6)cc2c43)cc1. The van der Waals surface area contributed by atoms with Crippen molar-refractivity contribution in [3.05, 3.63) is 228 Å². The maximum absolute atomic E-state index is 2.60. The molecule has 0 saturated carbocycles. The highest BCUT2D eigenvalue weighted by atomic mass is 15.2. The Hall–Kier alpha value is -7.56. The Morgan fingerprint density at radius 2 is 0.914 bits per heavy atom. The molecule has 0 radical (unpaired) electrons. The summed E-state index contributed by atoms with van der Waals surface area (Å²) in [6, 6.07) is 76.0. The second-order valence-electron chi connectivity index (χ2n) is 21.1. The Morgan fingerprint density at radius 3 is 1.56 bits per heavy atom. The number of para-hydroxylation sites is 2. The Labute approximate surface area is 415 Å². The van der Waals surface area contributed by atoms with Crippen LogP contribution in [-0.2, 0) is 5.41 Å². The topological polar surface area (TPSA) is 9.72 Å². The highest BCUT2D eigenvalue weighted by molar-refractivity contribution is 7.00. The molecule has 70 heavy (non-hydrogen) atoms. The average molecular weight is 906 g/mol. The van der Waals surface area contributed by atoms with E-state index in [2.05, 4.69) is 270 Å². The van der Waals surface area contributed by atoms with Gasteiger partial charge in [0, 0.05) is 50.8 Å². The summed E-state index contributed by atoms with van der Waals surface area (Å²) in [5, 5.41) is 0. The monoisotopic (exact) mass is 905 g/mol. The molecule has 0 bridgehead atoms. The summed E-state index contributed by atoms with van der Waals surface area (Å²) in [5.41, 5.74) is 26.1. The summed E-state index contributed by atoms with van der Waals surface area (Å²) < 4.78 is 0. The van der Waals surface area contributed by atoms with Crippen LogP contribution >= 0.6 is 0 Å². The van der Waals surface area contributed by atoms with Crippen LogP contribution in [0, 0.1) is 0 Å². The van der Waals surface area contributed by atoms with Gasteiger partial charge in [0.05, 0.1) is 11.4 Å². The van der Waals surface area contributed by atoms with Crippen LogP contribution in [0.3, 0.4) is 0 Å². The molecule has 1 aliphatic carbocycles. The van der Waals surface area contributed by atoms with Crippen LogP contribution in [0.4, 0.5) is 51.2 Å². The second kappa shape index (κ2) is 16.8. The zero-order valence-corrected chi connectivity index (χ0v) is 41.7.